The first-order valence-electron chi connectivity index (χ1n) is 16.6. The van der Waals surface area contributed by atoms with Crippen molar-refractivity contribution in [2.75, 3.05) is 37.8 Å². The van der Waals surface area contributed by atoms with Gasteiger partial charge in [0.15, 0.2) is 0 Å². The van der Waals surface area contributed by atoms with Crippen molar-refractivity contribution in [2.45, 2.75) is 90.4 Å². The molecule has 0 spiro atoms. The number of piperidine rings is 1. The molecule has 1 unspecified atom stereocenters. The fraction of sp³-hybridized carbons (Fsp3) is 0.559. The van der Waals surface area contributed by atoms with E-state index in [0.29, 0.717) is 41.4 Å². The van der Waals surface area contributed by atoms with E-state index in [-0.39, 0.29) is 29.0 Å². The van der Waals surface area contributed by atoms with Crippen molar-refractivity contribution in [3.8, 4) is 6.07 Å². The molecule has 264 valence electrons. The van der Waals surface area contributed by atoms with E-state index < -0.39 is 22.6 Å². The molecule has 15 heteroatoms. The number of rotatable bonds is 9. The molecule has 0 amide bonds. The molecule has 0 aliphatic carbocycles. The van der Waals surface area contributed by atoms with Crippen molar-refractivity contribution >= 4 is 48.3 Å². The van der Waals surface area contributed by atoms with E-state index in [1.807, 2.05) is 19.9 Å². The number of aryl methyl sites for hydroxylation is 1. The number of anilines is 1. The predicted molar refractivity (Wildman–Crippen MR) is 187 cm³/mol. The number of likely N-dealkylation sites (tertiary alicyclic amines) is 1. The maximum absolute atomic E-state index is 13.0. The van der Waals surface area contributed by atoms with Crippen LogP contribution in [0.5, 0.6) is 0 Å². The minimum absolute atomic E-state index is 0.101. The number of hydrogen-bond donors (Lipinski definition) is 1. The van der Waals surface area contributed by atoms with E-state index in [2.05, 4.69) is 61.7 Å². The van der Waals surface area contributed by atoms with Crippen molar-refractivity contribution in [1.29, 1.82) is 5.26 Å². The quantitative estimate of drug-likeness (QED) is 0.233. The molecule has 5 heterocycles. The summed E-state index contributed by atoms with van der Waals surface area (Å²) in [5.41, 5.74) is 3.99. The molecule has 3 atom stereocenters. The number of nitrogens with zero attached hydrogens (tertiary/aromatic N) is 7. The van der Waals surface area contributed by atoms with E-state index in [9.17, 15) is 26.9 Å². The molecule has 10 nitrogen and oxygen atoms in total. The molecule has 2 aliphatic heterocycles. The smallest absolute Gasteiger partial charge is 0.367 e. The number of benzene rings is 1. The van der Waals surface area contributed by atoms with Crippen LogP contribution in [0, 0.1) is 18.3 Å². The van der Waals surface area contributed by atoms with E-state index in [4.69, 9.17) is 0 Å². The van der Waals surface area contributed by atoms with Gasteiger partial charge in [-0.1, -0.05) is 6.07 Å². The molecular formula is C34H43F3N8O2S2. The molecular weight excluding hydrogens is 674 g/mol. The van der Waals surface area contributed by atoms with Gasteiger partial charge in [-0.2, -0.15) is 22.7 Å². The van der Waals surface area contributed by atoms with Crippen molar-refractivity contribution in [3.05, 3.63) is 52.3 Å². The number of aromatic nitrogens is 3. The van der Waals surface area contributed by atoms with Crippen LogP contribution in [-0.2, 0) is 29.5 Å². The number of nitriles is 1. The lowest BCUT2D eigenvalue weighted by atomic mass is 10.0. The summed E-state index contributed by atoms with van der Waals surface area (Å²) in [6.45, 7) is 12.5. The SMILES string of the molecule is Cc1c(CN2CCC(Nc3ncnc4sc(CC(F)(F)F)cc34)CC2)ccc2c1cc(C#N)n2CC(C)N1C[C@@H](C)N(S(C)(=O)=O)[C@H](C)C1. The standard InChI is InChI=1S/C34H43F3N8O2S2/c1-21(43-16-22(2)45(23(3)17-43)49(5,46)47)18-44-27(15-38)12-29-24(4)25(6-7-31(29)44)19-42-10-8-26(9-11-42)41-32-30-13-28(14-34(35,36)37)48-33(30)40-20-39-32/h6-7,12-13,20-23,26H,8-11,14,16-19H2,1-5H3,(H,39,40,41)/t21?,22-,23-/m1/s1. The van der Waals surface area contributed by atoms with Gasteiger partial charge in [-0.3, -0.25) is 9.80 Å². The predicted octanol–water partition coefficient (Wildman–Crippen LogP) is 5.75. The first kappa shape index (κ1) is 35.5. The summed E-state index contributed by atoms with van der Waals surface area (Å²) < 4.78 is 67.3. The van der Waals surface area contributed by atoms with Crippen LogP contribution in [0.3, 0.4) is 0 Å². The molecule has 1 N–H and O–H groups in total. The van der Waals surface area contributed by atoms with Crippen LogP contribution in [0.25, 0.3) is 21.1 Å². The van der Waals surface area contributed by atoms with Crippen LogP contribution >= 0.6 is 11.3 Å². The number of halogens is 3. The lowest BCUT2D eigenvalue weighted by Crippen LogP contribution is -2.60. The first-order chi connectivity index (χ1) is 23.1. The van der Waals surface area contributed by atoms with Gasteiger partial charge in [0.2, 0.25) is 10.0 Å². The van der Waals surface area contributed by atoms with Gasteiger partial charge in [-0.25, -0.2) is 18.4 Å². The number of hydrogen-bond acceptors (Lipinski definition) is 9. The maximum Gasteiger partial charge on any atom is 0.393 e. The maximum atomic E-state index is 13.0. The Bertz CT molecular complexity index is 1970. The van der Waals surface area contributed by atoms with Crippen LogP contribution in [0.4, 0.5) is 19.0 Å². The summed E-state index contributed by atoms with van der Waals surface area (Å²) in [4.78, 5) is 14.1. The minimum atomic E-state index is -4.27. The first-order valence-corrected chi connectivity index (χ1v) is 19.3. The lowest BCUT2D eigenvalue weighted by Gasteiger charge is -2.45. The van der Waals surface area contributed by atoms with Crippen LogP contribution in [-0.4, -0.2) is 99.8 Å². The van der Waals surface area contributed by atoms with Crippen LogP contribution < -0.4 is 5.32 Å². The van der Waals surface area contributed by atoms with Crippen LogP contribution in [0.15, 0.2) is 30.6 Å². The molecule has 4 aromatic rings. The summed E-state index contributed by atoms with van der Waals surface area (Å²) in [5.74, 6) is 0.585. The molecule has 0 radical (unpaired) electrons. The average molecular weight is 717 g/mol. The van der Waals surface area contributed by atoms with Gasteiger partial charge in [-0.15, -0.1) is 11.3 Å². The van der Waals surface area contributed by atoms with E-state index in [0.717, 1.165) is 60.3 Å². The average Bonchev–Trinajstić information content (AvgIpc) is 3.58. The van der Waals surface area contributed by atoms with E-state index >= 15 is 0 Å². The highest BCUT2D eigenvalue weighted by atomic mass is 32.2. The minimum Gasteiger partial charge on any atom is -0.367 e. The van der Waals surface area contributed by atoms with Crippen molar-refractivity contribution in [1.82, 2.24) is 28.6 Å². The Labute approximate surface area is 289 Å². The van der Waals surface area contributed by atoms with Crippen LogP contribution in [0.2, 0.25) is 0 Å². The monoisotopic (exact) mass is 716 g/mol. The van der Waals surface area contributed by atoms with Crippen molar-refractivity contribution < 1.29 is 21.6 Å². The number of piperazine rings is 1. The zero-order valence-electron chi connectivity index (χ0n) is 28.5. The number of alkyl halides is 3. The molecule has 0 bridgehead atoms. The van der Waals surface area contributed by atoms with Crippen molar-refractivity contribution in [2.24, 2.45) is 0 Å². The highest BCUT2D eigenvalue weighted by Gasteiger charge is 2.37. The molecule has 2 aliphatic rings. The molecule has 6 rings (SSSR count). The van der Waals surface area contributed by atoms with Gasteiger partial charge < -0.3 is 9.88 Å². The Kier molecular flexibility index (Phi) is 10.00. The zero-order valence-corrected chi connectivity index (χ0v) is 30.1. The summed E-state index contributed by atoms with van der Waals surface area (Å²) in [6.07, 6.45) is -0.820. The second-order valence-electron chi connectivity index (χ2n) is 13.8. The summed E-state index contributed by atoms with van der Waals surface area (Å²) in [6, 6.07) is 10.2. The summed E-state index contributed by atoms with van der Waals surface area (Å²) in [7, 11) is -3.29. The number of sulfonamides is 1. The molecule has 2 fully saturated rings. The Morgan fingerprint density at radius 2 is 1.80 bits per heavy atom. The van der Waals surface area contributed by atoms with Gasteiger partial charge >= 0.3 is 6.18 Å². The summed E-state index contributed by atoms with van der Waals surface area (Å²) in [5, 5.41) is 15.3. The van der Waals surface area contributed by atoms with Crippen LogP contribution in [0.1, 0.15) is 55.3 Å². The van der Waals surface area contributed by atoms with Gasteiger partial charge in [0.25, 0.3) is 0 Å². The Morgan fingerprint density at radius 3 is 2.43 bits per heavy atom. The Hall–Kier alpha value is -3.29. The third-order valence-corrected chi connectivity index (χ3v) is 12.5. The highest BCUT2D eigenvalue weighted by Crippen LogP contribution is 2.34. The molecule has 49 heavy (non-hydrogen) atoms. The van der Waals surface area contributed by atoms with Crippen molar-refractivity contribution in [3.63, 3.8) is 0 Å². The second kappa shape index (κ2) is 13.8. The number of nitrogens with one attached hydrogen (secondary N) is 1. The topological polar surface area (TPSA) is 110 Å². The Balaban J connectivity index is 1.10. The van der Waals surface area contributed by atoms with Gasteiger partial charge in [0, 0.05) is 79.2 Å². The molecule has 3 aromatic heterocycles. The number of fused-ring (bicyclic) bond motifs is 2. The zero-order chi connectivity index (χ0) is 35.2. The third-order valence-electron chi connectivity index (χ3n) is 9.98. The molecule has 1 aromatic carbocycles. The lowest BCUT2D eigenvalue weighted by molar-refractivity contribution is -0.126. The van der Waals surface area contributed by atoms with Gasteiger partial charge in [0.05, 0.1) is 18.1 Å². The number of thiophene rings is 1. The largest absolute Gasteiger partial charge is 0.393 e. The van der Waals surface area contributed by atoms with E-state index in [1.165, 1.54) is 18.1 Å². The fourth-order valence-electron chi connectivity index (χ4n) is 7.70. The highest BCUT2D eigenvalue weighted by molar-refractivity contribution is 7.88. The van der Waals surface area contributed by atoms with Gasteiger partial charge in [-0.05, 0) is 69.9 Å². The van der Waals surface area contributed by atoms with E-state index in [1.54, 1.807) is 10.4 Å². The van der Waals surface area contributed by atoms with Gasteiger partial charge in [0.1, 0.15) is 28.7 Å². The summed E-state index contributed by atoms with van der Waals surface area (Å²) >= 11 is 1.06. The fourth-order valence-corrected chi connectivity index (χ4v) is 10.2. The normalized spacial score (nSPS) is 21.4. The Morgan fingerprint density at radius 1 is 1.10 bits per heavy atom. The second-order valence-corrected chi connectivity index (χ2v) is 16.8. The molecule has 0 saturated carbocycles. The molecule has 2 saturated heterocycles. The third kappa shape index (κ3) is 7.73.